The van der Waals surface area contributed by atoms with Gasteiger partial charge in [-0.15, -0.1) is 0 Å². The molecule has 0 radical (unpaired) electrons. The normalized spacial score (nSPS) is 18.9. The standard InChI is InChI=1S/C27H31F3N4O3/c1-37-16-23-24(25(33-27(36)32-23)19-5-8-21(29)22(30)15-19)26(35)31-11-2-12-34-13-9-18(10-14-34)17-3-6-20(28)7-4-17/h3-8,15,18,25H,2,9-14,16H2,1H3,(H,31,35)(H2,32,33,36)/t25-/m1/s1. The van der Waals surface area contributed by atoms with E-state index in [0.717, 1.165) is 56.6 Å². The van der Waals surface area contributed by atoms with Crippen LogP contribution < -0.4 is 16.0 Å². The lowest BCUT2D eigenvalue weighted by atomic mass is 9.89. The van der Waals surface area contributed by atoms with Gasteiger partial charge in [0.2, 0.25) is 0 Å². The Hall–Kier alpha value is -3.37. The van der Waals surface area contributed by atoms with E-state index in [1.165, 1.54) is 25.3 Å². The highest BCUT2D eigenvalue weighted by Gasteiger charge is 2.33. The van der Waals surface area contributed by atoms with Crippen molar-refractivity contribution in [3.8, 4) is 0 Å². The van der Waals surface area contributed by atoms with Crippen LogP contribution in [0.2, 0.25) is 0 Å². The molecular formula is C27H31F3N4O3. The second-order valence-corrected chi connectivity index (χ2v) is 9.31. The first kappa shape index (κ1) is 26.7. The molecule has 4 rings (SSSR count). The van der Waals surface area contributed by atoms with Crippen molar-refractivity contribution in [1.82, 2.24) is 20.9 Å². The Morgan fingerprint density at radius 2 is 1.76 bits per heavy atom. The Morgan fingerprint density at radius 1 is 1.05 bits per heavy atom. The van der Waals surface area contributed by atoms with Crippen LogP contribution >= 0.6 is 0 Å². The van der Waals surface area contributed by atoms with Crippen LogP contribution in [0.3, 0.4) is 0 Å². The summed E-state index contributed by atoms with van der Waals surface area (Å²) in [5.41, 5.74) is 1.86. The maximum absolute atomic E-state index is 13.9. The molecule has 2 aliphatic rings. The molecule has 0 aromatic heterocycles. The zero-order valence-electron chi connectivity index (χ0n) is 20.7. The van der Waals surface area contributed by atoms with Crippen LogP contribution in [0.1, 0.15) is 42.3 Å². The summed E-state index contributed by atoms with van der Waals surface area (Å²) in [5, 5.41) is 8.09. The highest BCUT2D eigenvalue weighted by atomic mass is 19.2. The Kier molecular flexibility index (Phi) is 8.83. The van der Waals surface area contributed by atoms with Crippen LogP contribution in [0.5, 0.6) is 0 Å². The summed E-state index contributed by atoms with van der Waals surface area (Å²) in [6, 6.07) is 8.46. The van der Waals surface area contributed by atoms with Crippen molar-refractivity contribution in [2.75, 3.05) is 39.9 Å². The summed E-state index contributed by atoms with van der Waals surface area (Å²) < 4.78 is 45.7. The molecule has 0 saturated carbocycles. The van der Waals surface area contributed by atoms with Gasteiger partial charge in [-0.2, -0.15) is 0 Å². The average molecular weight is 517 g/mol. The van der Waals surface area contributed by atoms with Gasteiger partial charge < -0.3 is 25.6 Å². The number of halogens is 3. The molecule has 37 heavy (non-hydrogen) atoms. The van der Waals surface area contributed by atoms with Crippen molar-refractivity contribution < 1.29 is 27.5 Å². The van der Waals surface area contributed by atoms with Gasteiger partial charge in [0.25, 0.3) is 5.91 Å². The van der Waals surface area contributed by atoms with Crippen LogP contribution in [0.15, 0.2) is 53.7 Å². The lowest BCUT2D eigenvalue weighted by Gasteiger charge is -2.32. The summed E-state index contributed by atoms with van der Waals surface area (Å²) in [7, 11) is 1.43. The fourth-order valence-electron chi connectivity index (χ4n) is 4.91. The van der Waals surface area contributed by atoms with E-state index in [1.54, 1.807) is 0 Å². The summed E-state index contributed by atoms with van der Waals surface area (Å²) in [5.74, 6) is -2.32. The molecule has 1 atom stereocenters. The minimum Gasteiger partial charge on any atom is -0.378 e. The van der Waals surface area contributed by atoms with E-state index in [0.29, 0.717) is 12.5 Å². The summed E-state index contributed by atoms with van der Waals surface area (Å²) >= 11 is 0. The van der Waals surface area contributed by atoms with Crippen LogP contribution in [-0.2, 0) is 9.53 Å². The van der Waals surface area contributed by atoms with Gasteiger partial charge in [-0.05, 0) is 80.2 Å². The first-order valence-corrected chi connectivity index (χ1v) is 12.4. The fourth-order valence-corrected chi connectivity index (χ4v) is 4.91. The van der Waals surface area contributed by atoms with Crippen LogP contribution in [0.25, 0.3) is 0 Å². The number of ether oxygens (including phenoxy) is 1. The van der Waals surface area contributed by atoms with Gasteiger partial charge in [0.05, 0.1) is 23.9 Å². The van der Waals surface area contributed by atoms with Crippen molar-refractivity contribution in [3.05, 3.63) is 82.3 Å². The SMILES string of the molecule is COCC1=C(C(=O)NCCCN2CCC(c3ccc(F)cc3)CC2)[C@@H](c2ccc(F)c(F)c2)NC(=O)N1. The number of carbonyl (C=O) groups excluding carboxylic acids is 2. The van der Waals surface area contributed by atoms with E-state index < -0.39 is 29.6 Å². The summed E-state index contributed by atoms with van der Waals surface area (Å²) in [6.07, 6.45) is 2.70. The molecule has 0 spiro atoms. The van der Waals surface area contributed by atoms with Gasteiger partial charge in [0, 0.05) is 13.7 Å². The molecule has 2 heterocycles. The van der Waals surface area contributed by atoms with Gasteiger partial charge in [-0.25, -0.2) is 18.0 Å². The third-order valence-electron chi connectivity index (χ3n) is 6.83. The molecule has 3 N–H and O–H groups in total. The van der Waals surface area contributed by atoms with E-state index in [-0.39, 0.29) is 29.3 Å². The lowest BCUT2D eigenvalue weighted by molar-refractivity contribution is -0.118. The number of hydrogen-bond acceptors (Lipinski definition) is 4. The first-order chi connectivity index (χ1) is 17.9. The predicted octanol–water partition coefficient (Wildman–Crippen LogP) is 3.74. The van der Waals surface area contributed by atoms with Crippen molar-refractivity contribution in [2.45, 2.75) is 31.2 Å². The number of nitrogens with one attached hydrogen (secondary N) is 3. The molecule has 1 saturated heterocycles. The van der Waals surface area contributed by atoms with Crippen LogP contribution in [0.4, 0.5) is 18.0 Å². The monoisotopic (exact) mass is 516 g/mol. The minimum absolute atomic E-state index is 0.0284. The Bertz CT molecular complexity index is 1150. The van der Waals surface area contributed by atoms with E-state index in [9.17, 15) is 22.8 Å². The second kappa shape index (κ2) is 12.2. The number of piperidine rings is 1. The number of benzene rings is 2. The van der Waals surface area contributed by atoms with Crippen molar-refractivity contribution >= 4 is 11.9 Å². The number of methoxy groups -OCH3 is 1. The molecule has 0 bridgehead atoms. The second-order valence-electron chi connectivity index (χ2n) is 9.31. The van der Waals surface area contributed by atoms with E-state index in [2.05, 4.69) is 20.9 Å². The number of likely N-dealkylation sites (tertiary alicyclic amines) is 1. The van der Waals surface area contributed by atoms with Crippen molar-refractivity contribution in [1.29, 1.82) is 0 Å². The maximum atomic E-state index is 13.9. The maximum Gasteiger partial charge on any atom is 0.319 e. The van der Waals surface area contributed by atoms with E-state index in [4.69, 9.17) is 4.74 Å². The predicted molar refractivity (Wildman–Crippen MR) is 132 cm³/mol. The quantitative estimate of drug-likeness (QED) is 0.444. The Balaban J connectivity index is 1.33. The zero-order valence-corrected chi connectivity index (χ0v) is 20.7. The molecule has 2 aromatic carbocycles. The Morgan fingerprint density at radius 3 is 2.43 bits per heavy atom. The summed E-state index contributed by atoms with van der Waals surface area (Å²) in [6.45, 7) is 3.03. The number of urea groups is 1. The lowest BCUT2D eigenvalue weighted by Crippen LogP contribution is -2.48. The smallest absolute Gasteiger partial charge is 0.319 e. The molecule has 0 aliphatic carbocycles. The number of amides is 3. The third kappa shape index (κ3) is 6.69. The number of nitrogens with zero attached hydrogens (tertiary/aromatic N) is 1. The molecule has 2 aliphatic heterocycles. The Labute approximate surface area is 214 Å². The molecule has 2 aromatic rings. The third-order valence-corrected chi connectivity index (χ3v) is 6.83. The number of rotatable bonds is 9. The molecule has 1 fully saturated rings. The van der Waals surface area contributed by atoms with Crippen molar-refractivity contribution in [2.24, 2.45) is 0 Å². The highest BCUT2D eigenvalue weighted by Crippen LogP contribution is 2.29. The number of carbonyl (C=O) groups is 2. The van der Waals surface area contributed by atoms with E-state index in [1.807, 2.05) is 12.1 Å². The first-order valence-electron chi connectivity index (χ1n) is 12.4. The topological polar surface area (TPSA) is 82.7 Å². The van der Waals surface area contributed by atoms with Gasteiger partial charge in [0.15, 0.2) is 11.6 Å². The molecule has 0 unspecified atom stereocenters. The van der Waals surface area contributed by atoms with E-state index >= 15 is 0 Å². The van der Waals surface area contributed by atoms with Crippen molar-refractivity contribution in [3.63, 3.8) is 0 Å². The molecule has 3 amide bonds. The van der Waals surface area contributed by atoms with Gasteiger partial charge in [-0.3, -0.25) is 4.79 Å². The zero-order chi connectivity index (χ0) is 26.4. The van der Waals surface area contributed by atoms with Crippen LogP contribution in [0, 0.1) is 17.5 Å². The van der Waals surface area contributed by atoms with Gasteiger partial charge in [0.1, 0.15) is 5.82 Å². The highest BCUT2D eigenvalue weighted by molar-refractivity contribution is 5.98. The largest absolute Gasteiger partial charge is 0.378 e. The summed E-state index contributed by atoms with van der Waals surface area (Å²) in [4.78, 5) is 27.7. The van der Waals surface area contributed by atoms with Gasteiger partial charge in [-0.1, -0.05) is 18.2 Å². The molecular weight excluding hydrogens is 485 g/mol. The molecule has 198 valence electrons. The van der Waals surface area contributed by atoms with Gasteiger partial charge >= 0.3 is 6.03 Å². The fraction of sp³-hybridized carbons (Fsp3) is 0.407. The number of hydrogen-bond donors (Lipinski definition) is 3. The average Bonchev–Trinajstić information content (AvgIpc) is 2.89. The molecule has 7 nitrogen and oxygen atoms in total. The molecule has 10 heteroatoms. The van der Waals surface area contributed by atoms with Crippen LogP contribution in [-0.4, -0.2) is 56.7 Å². The minimum atomic E-state index is -1.07.